The summed E-state index contributed by atoms with van der Waals surface area (Å²) in [4.78, 5) is 45.3. The van der Waals surface area contributed by atoms with Crippen LogP contribution < -0.4 is 10.6 Å². The lowest BCUT2D eigenvalue weighted by atomic mass is 10.0. The summed E-state index contributed by atoms with van der Waals surface area (Å²) in [6.07, 6.45) is 0. The Bertz CT molecular complexity index is 1030. The molecule has 0 heterocycles. The highest BCUT2D eigenvalue weighted by Gasteiger charge is 2.26. The van der Waals surface area contributed by atoms with Crippen molar-refractivity contribution >= 4 is 103 Å². The van der Waals surface area contributed by atoms with Crippen LogP contribution in [0.5, 0.6) is 0 Å². The SMILES string of the molecule is CC(=O)Nc1c(I)c(NC(C)=O)c(I)c(-c2ccc(C(=O)O)c([N+](=O)[O-])c2)c1I. The van der Waals surface area contributed by atoms with Gasteiger partial charge in [0.25, 0.3) is 5.69 Å². The summed E-state index contributed by atoms with van der Waals surface area (Å²) in [5.74, 6) is -2.06. The molecule has 0 saturated carbocycles. The summed E-state index contributed by atoms with van der Waals surface area (Å²) < 4.78 is 1.79. The Balaban J connectivity index is 2.89. The second kappa shape index (κ2) is 9.50. The Labute approximate surface area is 205 Å². The number of nitro groups is 1. The van der Waals surface area contributed by atoms with Gasteiger partial charge in [-0.2, -0.15) is 0 Å². The van der Waals surface area contributed by atoms with Crippen LogP contribution in [0.25, 0.3) is 11.1 Å². The van der Waals surface area contributed by atoms with Gasteiger partial charge < -0.3 is 15.7 Å². The van der Waals surface area contributed by atoms with Gasteiger partial charge >= 0.3 is 5.97 Å². The Morgan fingerprint density at radius 3 is 1.83 bits per heavy atom. The van der Waals surface area contributed by atoms with Crippen LogP contribution >= 0.6 is 67.8 Å². The molecule has 3 N–H and O–H groups in total. The summed E-state index contributed by atoms with van der Waals surface area (Å²) in [6.45, 7) is 2.68. The molecule has 0 unspecified atom stereocenters. The maximum Gasteiger partial charge on any atom is 0.342 e. The number of nitro benzene ring substituents is 1. The van der Waals surface area contributed by atoms with Crippen molar-refractivity contribution in [3.63, 3.8) is 0 Å². The molecule has 0 bridgehead atoms. The van der Waals surface area contributed by atoms with E-state index < -0.39 is 22.1 Å². The Hall–Kier alpha value is -1.56. The predicted octanol–water partition coefficient (Wildman–Crippen LogP) is 4.69. The number of hydrogen-bond donors (Lipinski definition) is 3. The van der Waals surface area contributed by atoms with Gasteiger partial charge in [-0.1, -0.05) is 6.07 Å². The van der Waals surface area contributed by atoms with Crippen molar-refractivity contribution in [2.75, 3.05) is 10.6 Å². The van der Waals surface area contributed by atoms with E-state index in [1.807, 2.05) is 67.8 Å². The molecule has 9 nitrogen and oxygen atoms in total. The van der Waals surface area contributed by atoms with Crippen molar-refractivity contribution in [2.45, 2.75) is 13.8 Å². The van der Waals surface area contributed by atoms with Crippen molar-refractivity contribution in [1.29, 1.82) is 0 Å². The number of hydrogen-bond acceptors (Lipinski definition) is 5. The van der Waals surface area contributed by atoms with Gasteiger partial charge in [0.15, 0.2) is 0 Å². The first-order valence-corrected chi connectivity index (χ1v) is 11.0. The summed E-state index contributed by atoms with van der Waals surface area (Å²) in [5, 5.41) is 26.0. The van der Waals surface area contributed by atoms with E-state index in [0.29, 0.717) is 33.2 Å². The van der Waals surface area contributed by atoms with Crippen LogP contribution in [0.3, 0.4) is 0 Å². The molecule has 0 aromatic heterocycles. The van der Waals surface area contributed by atoms with E-state index in [2.05, 4.69) is 10.6 Å². The van der Waals surface area contributed by atoms with E-state index >= 15 is 0 Å². The molecule has 0 aliphatic carbocycles. The van der Waals surface area contributed by atoms with Gasteiger partial charge in [0.1, 0.15) is 5.56 Å². The van der Waals surface area contributed by atoms with Gasteiger partial charge in [0.05, 0.1) is 19.9 Å². The molecule has 0 aliphatic heterocycles. The van der Waals surface area contributed by atoms with E-state index in [0.717, 1.165) is 6.07 Å². The number of anilines is 2. The number of amides is 2. The number of benzene rings is 2. The smallest absolute Gasteiger partial charge is 0.342 e. The summed E-state index contributed by atoms with van der Waals surface area (Å²) in [5.41, 5.74) is 0.815. The van der Waals surface area contributed by atoms with Crippen LogP contribution in [0.2, 0.25) is 0 Å². The van der Waals surface area contributed by atoms with E-state index in [-0.39, 0.29) is 11.8 Å². The molecule has 0 fully saturated rings. The second-order valence-corrected chi connectivity index (χ2v) is 8.96. The molecule has 0 saturated heterocycles. The first-order chi connectivity index (χ1) is 13.5. The maximum absolute atomic E-state index is 11.7. The minimum Gasteiger partial charge on any atom is -0.477 e. The van der Waals surface area contributed by atoms with E-state index in [9.17, 15) is 29.6 Å². The number of carbonyl (C=O) groups excluding carboxylic acids is 2. The number of aromatic carboxylic acids is 1. The normalized spacial score (nSPS) is 10.4. The Kier molecular flexibility index (Phi) is 7.77. The zero-order chi connectivity index (χ0) is 22.0. The van der Waals surface area contributed by atoms with E-state index in [1.165, 1.54) is 26.0 Å². The number of carboxylic acid groups (broad SMARTS) is 1. The Morgan fingerprint density at radius 1 is 0.966 bits per heavy atom. The third kappa shape index (κ3) is 5.14. The number of nitrogens with zero attached hydrogens (tertiary/aromatic N) is 1. The molecule has 0 radical (unpaired) electrons. The van der Waals surface area contributed by atoms with E-state index in [4.69, 9.17) is 0 Å². The molecule has 2 rings (SSSR count). The van der Waals surface area contributed by atoms with Crippen molar-refractivity contribution in [2.24, 2.45) is 0 Å². The van der Waals surface area contributed by atoms with Gasteiger partial charge in [-0.15, -0.1) is 0 Å². The molecular weight excluding hydrogens is 723 g/mol. The third-order valence-corrected chi connectivity index (χ3v) is 6.87. The van der Waals surface area contributed by atoms with Gasteiger partial charge in [0.2, 0.25) is 11.8 Å². The van der Waals surface area contributed by atoms with Crippen LogP contribution in [0, 0.1) is 20.8 Å². The largest absolute Gasteiger partial charge is 0.477 e. The molecule has 0 spiro atoms. The molecule has 0 atom stereocenters. The molecule has 0 aliphatic rings. The minimum atomic E-state index is -1.41. The molecular formula is C17H12I3N3O6. The zero-order valence-corrected chi connectivity index (χ0v) is 21.3. The third-order valence-electron chi connectivity index (χ3n) is 3.63. The number of rotatable bonds is 5. The van der Waals surface area contributed by atoms with Crippen molar-refractivity contribution in [3.8, 4) is 11.1 Å². The lowest BCUT2D eigenvalue weighted by molar-refractivity contribution is -0.385. The lowest BCUT2D eigenvalue weighted by Crippen LogP contribution is -2.15. The molecule has 29 heavy (non-hydrogen) atoms. The molecule has 152 valence electrons. The van der Waals surface area contributed by atoms with Gasteiger partial charge in [-0.25, -0.2) is 4.79 Å². The molecule has 2 aromatic carbocycles. The fraction of sp³-hybridized carbons (Fsp3) is 0.118. The van der Waals surface area contributed by atoms with Crippen LogP contribution in [0.15, 0.2) is 18.2 Å². The van der Waals surface area contributed by atoms with Gasteiger partial charge in [-0.05, 0) is 79.4 Å². The van der Waals surface area contributed by atoms with Crippen LogP contribution in [0.1, 0.15) is 24.2 Å². The van der Waals surface area contributed by atoms with Crippen molar-refractivity contribution in [1.82, 2.24) is 0 Å². The number of nitrogens with one attached hydrogen (secondary N) is 2. The summed E-state index contributed by atoms with van der Waals surface area (Å²) in [7, 11) is 0. The first kappa shape index (κ1) is 23.7. The van der Waals surface area contributed by atoms with Gasteiger partial charge in [0, 0.05) is 32.6 Å². The van der Waals surface area contributed by atoms with Crippen LogP contribution in [-0.2, 0) is 9.59 Å². The highest BCUT2D eigenvalue weighted by atomic mass is 127. The number of carbonyl (C=O) groups is 3. The van der Waals surface area contributed by atoms with Gasteiger partial charge in [-0.3, -0.25) is 19.7 Å². The molecule has 12 heteroatoms. The van der Waals surface area contributed by atoms with E-state index in [1.54, 1.807) is 0 Å². The topological polar surface area (TPSA) is 139 Å². The monoisotopic (exact) mass is 735 g/mol. The Morgan fingerprint density at radius 2 is 1.45 bits per heavy atom. The quantitative estimate of drug-likeness (QED) is 0.232. The molecule has 2 amide bonds. The first-order valence-electron chi connectivity index (χ1n) is 7.73. The zero-order valence-electron chi connectivity index (χ0n) is 14.8. The minimum absolute atomic E-state index is 0.325. The number of carboxylic acids is 1. The average Bonchev–Trinajstić information content (AvgIpc) is 2.61. The maximum atomic E-state index is 11.7. The number of halogens is 3. The van der Waals surface area contributed by atoms with Crippen molar-refractivity contribution in [3.05, 3.63) is 44.6 Å². The van der Waals surface area contributed by atoms with Crippen molar-refractivity contribution < 1.29 is 24.4 Å². The fourth-order valence-corrected chi connectivity index (χ4v) is 6.84. The lowest BCUT2D eigenvalue weighted by Gasteiger charge is -2.20. The van der Waals surface area contributed by atoms with Crippen LogP contribution in [-0.4, -0.2) is 27.8 Å². The predicted molar refractivity (Wildman–Crippen MR) is 132 cm³/mol. The highest BCUT2D eigenvalue weighted by molar-refractivity contribution is 14.1. The average molecular weight is 735 g/mol. The second-order valence-electron chi connectivity index (χ2n) is 5.72. The highest BCUT2D eigenvalue weighted by Crippen LogP contribution is 2.44. The summed E-state index contributed by atoms with van der Waals surface area (Å²) in [6, 6.07) is 3.79. The fourth-order valence-electron chi connectivity index (χ4n) is 2.51. The molecule has 2 aromatic rings. The van der Waals surface area contributed by atoms with Crippen LogP contribution in [0.4, 0.5) is 17.1 Å². The summed E-state index contributed by atoms with van der Waals surface area (Å²) >= 11 is 6.02. The standard InChI is InChI=1S/C17H12I3N3O6/c1-6(24)21-15-12(18)11(13(19)16(14(15)20)22-7(2)25)8-3-4-9(17(26)27)10(5-8)23(28)29/h3-5H,1-2H3,(H,21,24)(H,22,25)(H,26,27).